The second kappa shape index (κ2) is 18.7. The number of ether oxygens (including phenoxy) is 1. The molecule has 2 aliphatic rings. The van der Waals surface area contributed by atoms with Crippen LogP contribution in [0, 0.1) is 6.92 Å². The number of amides is 3. The largest absolute Gasteiger partial charge is 0.488 e. The van der Waals surface area contributed by atoms with Crippen LogP contribution in [0.15, 0.2) is 102 Å². The minimum atomic E-state index is -1.57. The van der Waals surface area contributed by atoms with Crippen LogP contribution in [0.3, 0.4) is 0 Å². The van der Waals surface area contributed by atoms with Gasteiger partial charge in [-0.05, 0) is 91.2 Å². The number of nitrogens with zero attached hydrogens (tertiary/aromatic N) is 5. The van der Waals surface area contributed by atoms with Gasteiger partial charge in [-0.25, -0.2) is 0 Å². The lowest BCUT2D eigenvalue weighted by Gasteiger charge is -2.31. The first-order chi connectivity index (χ1) is 28.6. The Bertz CT molecular complexity index is 2390. The number of likely N-dealkylation sites (tertiary alicyclic amines) is 1. The SMILES string of the molecule is CCNC(=O)C[C@@H]1N=C(c2ccc(Cl)cc2)c2cc(OCC(=O)NCc3cccc(C4CCN(C(=O)C=Cc5cccc(B(O)O)c5)CC4)c3)ccc2-n2c(C)nnc21. The number of piperidine rings is 1. The fourth-order valence-electron chi connectivity index (χ4n) is 7.47. The minimum absolute atomic E-state index is 0.0828. The molecule has 0 radical (unpaired) electrons. The lowest BCUT2D eigenvalue weighted by atomic mass is 9.79. The van der Waals surface area contributed by atoms with Crippen LogP contribution in [0.2, 0.25) is 5.02 Å². The van der Waals surface area contributed by atoms with E-state index in [0.717, 1.165) is 40.8 Å². The Labute approximate surface area is 347 Å². The van der Waals surface area contributed by atoms with Crippen molar-refractivity contribution in [2.45, 2.75) is 51.6 Å². The molecule has 15 heteroatoms. The van der Waals surface area contributed by atoms with Crippen molar-refractivity contribution in [2.24, 2.45) is 4.99 Å². The predicted molar refractivity (Wildman–Crippen MR) is 227 cm³/mol. The summed E-state index contributed by atoms with van der Waals surface area (Å²) in [4.78, 5) is 45.7. The van der Waals surface area contributed by atoms with Gasteiger partial charge >= 0.3 is 7.12 Å². The Balaban J connectivity index is 0.976. The third-order valence-electron chi connectivity index (χ3n) is 10.5. The molecule has 7 rings (SSSR count). The summed E-state index contributed by atoms with van der Waals surface area (Å²) in [7, 11) is -1.57. The molecule has 302 valence electrons. The quantitative estimate of drug-likeness (QED) is 0.0999. The first kappa shape index (κ1) is 41.1. The summed E-state index contributed by atoms with van der Waals surface area (Å²) < 4.78 is 7.95. The van der Waals surface area contributed by atoms with E-state index in [-0.39, 0.29) is 36.7 Å². The van der Waals surface area contributed by atoms with Crippen LogP contribution in [-0.4, -0.2) is 86.5 Å². The zero-order valence-electron chi connectivity index (χ0n) is 32.8. The summed E-state index contributed by atoms with van der Waals surface area (Å²) in [6.07, 6.45) is 4.92. The highest BCUT2D eigenvalue weighted by Crippen LogP contribution is 2.35. The molecule has 59 heavy (non-hydrogen) atoms. The number of rotatable bonds is 13. The maximum absolute atomic E-state index is 13.1. The number of benzene rings is 4. The summed E-state index contributed by atoms with van der Waals surface area (Å²) in [6.45, 7) is 5.57. The molecule has 5 aromatic rings. The van der Waals surface area contributed by atoms with Crippen molar-refractivity contribution in [3.05, 3.63) is 142 Å². The highest BCUT2D eigenvalue weighted by Gasteiger charge is 2.30. The Morgan fingerprint density at radius 2 is 1.71 bits per heavy atom. The molecule has 1 fully saturated rings. The summed E-state index contributed by atoms with van der Waals surface area (Å²) in [6, 6.07) is 27.2. The summed E-state index contributed by atoms with van der Waals surface area (Å²) in [5, 5.41) is 34.0. The Morgan fingerprint density at radius 3 is 2.47 bits per heavy atom. The number of carbonyl (C=O) groups is 3. The zero-order valence-corrected chi connectivity index (χ0v) is 33.6. The third-order valence-corrected chi connectivity index (χ3v) is 10.7. The standard InChI is InChI=1S/C44H45BClN7O6/c1-3-47-40(54)25-38-44-51-50-28(2)53(44)39-16-15-36(24-37(39)43(49-38)32-11-13-35(46)14-12-32)59-27-41(55)48-26-30-7-4-8-33(22-30)31-18-20-52(21-19-31)42(56)17-10-29-6-5-9-34(23-29)45(57)58/h4-17,22-24,31,38,57-58H,3,18-21,25-27H2,1-2H3,(H,47,54)(H,48,55)/t38-/m0/s1. The number of hydrogen-bond acceptors (Lipinski definition) is 9. The highest BCUT2D eigenvalue weighted by molar-refractivity contribution is 6.58. The normalized spacial score (nSPS) is 15.2. The van der Waals surface area contributed by atoms with E-state index in [9.17, 15) is 24.4 Å². The molecule has 0 saturated carbocycles. The van der Waals surface area contributed by atoms with Crippen molar-refractivity contribution in [2.75, 3.05) is 26.2 Å². The topological polar surface area (TPSA) is 171 Å². The van der Waals surface area contributed by atoms with Crippen molar-refractivity contribution in [1.29, 1.82) is 0 Å². The van der Waals surface area contributed by atoms with Gasteiger partial charge in [-0.1, -0.05) is 72.3 Å². The first-order valence-corrected chi connectivity index (χ1v) is 20.0. The smallest absolute Gasteiger partial charge is 0.484 e. The third kappa shape index (κ3) is 9.97. The first-order valence-electron chi connectivity index (χ1n) is 19.6. The van der Waals surface area contributed by atoms with Gasteiger partial charge in [0.1, 0.15) is 17.6 Å². The molecule has 0 unspecified atom stereocenters. The van der Waals surface area contributed by atoms with Gasteiger partial charge in [0.15, 0.2) is 12.4 Å². The summed E-state index contributed by atoms with van der Waals surface area (Å²) in [5.74, 6) is 1.42. The van der Waals surface area contributed by atoms with Crippen LogP contribution in [0.5, 0.6) is 5.75 Å². The van der Waals surface area contributed by atoms with Crippen LogP contribution in [-0.2, 0) is 20.9 Å². The maximum Gasteiger partial charge on any atom is 0.488 e. The predicted octanol–water partition coefficient (Wildman–Crippen LogP) is 4.44. The molecule has 13 nitrogen and oxygen atoms in total. The Hall–Kier alpha value is -6.09. The van der Waals surface area contributed by atoms with Crippen molar-refractivity contribution in [3.63, 3.8) is 0 Å². The molecule has 0 aliphatic carbocycles. The molecular weight excluding hydrogens is 769 g/mol. The van der Waals surface area contributed by atoms with Gasteiger partial charge in [0, 0.05) is 48.4 Å². The number of halogens is 1. The van der Waals surface area contributed by atoms with Crippen LogP contribution >= 0.6 is 11.6 Å². The van der Waals surface area contributed by atoms with E-state index in [1.165, 1.54) is 6.08 Å². The van der Waals surface area contributed by atoms with Crippen molar-refractivity contribution in [1.82, 2.24) is 30.3 Å². The van der Waals surface area contributed by atoms with E-state index in [1.807, 2.05) is 59.7 Å². The molecule has 2 aliphatic heterocycles. The number of fused-ring (bicyclic) bond motifs is 3. The highest BCUT2D eigenvalue weighted by atomic mass is 35.5. The monoisotopic (exact) mass is 813 g/mol. The van der Waals surface area contributed by atoms with Crippen LogP contribution < -0.4 is 20.8 Å². The summed E-state index contributed by atoms with van der Waals surface area (Å²) in [5.41, 5.74) is 6.12. The van der Waals surface area contributed by atoms with E-state index in [0.29, 0.717) is 65.3 Å². The molecule has 1 atom stereocenters. The van der Waals surface area contributed by atoms with E-state index in [4.69, 9.17) is 21.3 Å². The van der Waals surface area contributed by atoms with Gasteiger partial charge in [0.25, 0.3) is 5.91 Å². The number of aromatic nitrogens is 3. The molecule has 0 bridgehead atoms. The number of aryl methyl sites for hydroxylation is 1. The molecule has 3 heterocycles. The summed E-state index contributed by atoms with van der Waals surface area (Å²) >= 11 is 6.25. The molecule has 1 saturated heterocycles. The second-order valence-corrected chi connectivity index (χ2v) is 15.0. The van der Waals surface area contributed by atoms with Gasteiger partial charge in [0.05, 0.1) is 17.8 Å². The Morgan fingerprint density at radius 1 is 0.932 bits per heavy atom. The molecule has 3 amide bonds. The lowest BCUT2D eigenvalue weighted by Crippen LogP contribution is -2.36. The van der Waals surface area contributed by atoms with Crippen molar-refractivity contribution >= 4 is 53.7 Å². The number of aliphatic imine (C=N–C) groups is 1. The number of nitrogens with one attached hydrogen (secondary N) is 2. The molecule has 4 N–H and O–H groups in total. The fraction of sp³-hybridized carbons (Fsp3) is 0.273. The van der Waals surface area contributed by atoms with Crippen LogP contribution in [0.4, 0.5) is 0 Å². The van der Waals surface area contributed by atoms with Gasteiger partial charge in [0.2, 0.25) is 11.8 Å². The molecule has 0 spiro atoms. The van der Waals surface area contributed by atoms with Gasteiger partial charge < -0.3 is 30.3 Å². The maximum atomic E-state index is 13.1. The zero-order chi connectivity index (χ0) is 41.5. The Kier molecular flexibility index (Phi) is 13.0. The minimum Gasteiger partial charge on any atom is -0.484 e. The van der Waals surface area contributed by atoms with Crippen LogP contribution in [0.1, 0.15) is 77.6 Å². The average molecular weight is 814 g/mol. The van der Waals surface area contributed by atoms with E-state index >= 15 is 0 Å². The average Bonchev–Trinajstić information content (AvgIpc) is 3.57. The number of hydrogen-bond donors (Lipinski definition) is 4. The van der Waals surface area contributed by atoms with Crippen molar-refractivity contribution in [3.8, 4) is 11.4 Å². The van der Waals surface area contributed by atoms with E-state index in [2.05, 4.69) is 33.0 Å². The fourth-order valence-corrected chi connectivity index (χ4v) is 7.60. The van der Waals surface area contributed by atoms with Gasteiger partial charge in [-0.2, -0.15) is 0 Å². The lowest BCUT2D eigenvalue weighted by molar-refractivity contribution is -0.127. The van der Waals surface area contributed by atoms with Gasteiger partial charge in [-0.15, -0.1) is 10.2 Å². The van der Waals surface area contributed by atoms with Gasteiger partial charge in [-0.3, -0.25) is 23.9 Å². The second-order valence-electron chi connectivity index (χ2n) is 14.6. The molecular formula is C44H45BClN7O6. The molecule has 4 aromatic carbocycles. The van der Waals surface area contributed by atoms with Crippen molar-refractivity contribution < 1.29 is 29.2 Å². The number of carbonyl (C=O) groups excluding carboxylic acids is 3. The van der Waals surface area contributed by atoms with E-state index in [1.54, 1.807) is 48.5 Å². The molecule has 1 aromatic heterocycles. The van der Waals surface area contributed by atoms with E-state index < -0.39 is 13.2 Å². The van der Waals surface area contributed by atoms with Crippen LogP contribution in [0.25, 0.3) is 11.8 Å².